The van der Waals surface area contributed by atoms with Crippen molar-refractivity contribution < 1.29 is 4.55 Å². The van der Waals surface area contributed by atoms with E-state index in [0.717, 1.165) is 38.4 Å². The van der Waals surface area contributed by atoms with E-state index in [1.54, 1.807) is 0 Å². The van der Waals surface area contributed by atoms with E-state index >= 15 is 0 Å². The number of nitrogens with zero attached hydrogens (tertiary/aromatic N) is 1. The van der Waals surface area contributed by atoms with Crippen molar-refractivity contribution in [1.82, 2.24) is 4.57 Å². The van der Waals surface area contributed by atoms with Gasteiger partial charge in [-0.3, -0.25) is 4.79 Å². The van der Waals surface area contributed by atoms with E-state index in [4.69, 9.17) is 0 Å². The normalized spacial score (nSPS) is 11.7. The lowest BCUT2D eigenvalue weighted by Crippen LogP contribution is -2.12. The Labute approximate surface area is 220 Å². The minimum Gasteiger partial charge on any atom is -0.611 e. The molecule has 0 spiro atoms. The van der Waals surface area contributed by atoms with E-state index in [1.807, 2.05) is 115 Å². The Kier molecular flexibility index (Phi) is 7.22. The van der Waals surface area contributed by atoms with Crippen molar-refractivity contribution >= 4 is 16.9 Å². The molecule has 5 aromatic rings. The molecule has 0 saturated heterocycles. The number of aromatic nitrogens is 1. The molecule has 1 unspecified atom stereocenters. The lowest BCUT2D eigenvalue weighted by atomic mass is 9.97. The lowest BCUT2D eigenvalue weighted by molar-refractivity contribution is 0.594. The fraction of sp³-hybridized carbons (Fsp3) is 0.0606. The Morgan fingerprint density at radius 2 is 1.30 bits per heavy atom. The van der Waals surface area contributed by atoms with Gasteiger partial charge in [0.2, 0.25) is 0 Å². The van der Waals surface area contributed by atoms with Crippen molar-refractivity contribution in [2.24, 2.45) is 0 Å². The second-order valence-corrected chi connectivity index (χ2v) is 10.5. The highest BCUT2D eigenvalue weighted by atomic mass is 32.2. The predicted octanol–water partition coefficient (Wildman–Crippen LogP) is 7.65. The highest BCUT2D eigenvalue weighted by Gasteiger charge is 2.16. The van der Waals surface area contributed by atoms with Crippen LogP contribution in [-0.4, -0.2) is 9.12 Å². The molecule has 0 radical (unpaired) electrons. The molecule has 0 aliphatic carbocycles. The first kappa shape index (κ1) is 24.6. The largest absolute Gasteiger partial charge is 0.611 e. The minimum absolute atomic E-state index is 0.0548. The molecule has 0 aliphatic rings. The van der Waals surface area contributed by atoms with Crippen molar-refractivity contribution in [3.05, 3.63) is 144 Å². The summed E-state index contributed by atoms with van der Waals surface area (Å²) in [5, 5.41) is 0. The molecular weight excluding hydrogens is 474 g/mol. The third-order valence-corrected chi connectivity index (χ3v) is 7.71. The van der Waals surface area contributed by atoms with Gasteiger partial charge in [-0.25, -0.2) is 0 Å². The molecule has 5 rings (SSSR count). The average Bonchev–Trinajstić information content (AvgIpc) is 2.94. The Morgan fingerprint density at radius 1 is 0.730 bits per heavy atom. The first-order valence-corrected chi connectivity index (χ1v) is 13.4. The van der Waals surface area contributed by atoms with Gasteiger partial charge in [-0.1, -0.05) is 85.4 Å². The quantitative estimate of drug-likeness (QED) is 0.215. The van der Waals surface area contributed by atoms with E-state index in [1.165, 1.54) is 0 Å². The maximum absolute atomic E-state index is 13.7. The van der Waals surface area contributed by atoms with Crippen LogP contribution in [0, 0.1) is 0 Å². The zero-order valence-corrected chi connectivity index (χ0v) is 21.4. The van der Waals surface area contributed by atoms with Gasteiger partial charge in [-0.15, -0.1) is 0 Å². The molecule has 4 heteroatoms. The standard InChI is InChI=1S/C33H27NO2S/c1-24(2)34-21-31(27-16-18-30(19-17-27)37(36)23-25-10-5-3-6-11-25)33(35)32(22-34)29-15-9-14-28(20-29)26-12-7-4-8-13-26/h3-22H,1,23H2,2H3. The summed E-state index contributed by atoms with van der Waals surface area (Å²) in [7, 11) is 0. The summed E-state index contributed by atoms with van der Waals surface area (Å²) in [5.74, 6) is 0.454. The maximum Gasteiger partial charge on any atom is 0.197 e. The molecule has 3 nitrogen and oxygen atoms in total. The van der Waals surface area contributed by atoms with Crippen molar-refractivity contribution in [3.63, 3.8) is 0 Å². The molecular formula is C33H27NO2S. The van der Waals surface area contributed by atoms with Crippen molar-refractivity contribution in [3.8, 4) is 33.4 Å². The summed E-state index contributed by atoms with van der Waals surface area (Å²) in [6, 6.07) is 35.4. The molecule has 0 aliphatic heterocycles. The summed E-state index contributed by atoms with van der Waals surface area (Å²) < 4.78 is 14.8. The van der Waals surface area contributed by atoms with Crippen LogP contribution in [0.1, 0.15) is 12.5 Å². The molecule has 1 heterocycles. The molecule has 1 aromatic heterocycles. The topological polar surface area (TPSA) is 45.1 Å². The molecule has 4 aromatic carbocycles. The maximum atomic E-state index is 13.7. The van der Waals surface area contributed by atoms with Crippen LogP contribution in [-0.2, 0) is 16.9 Å². The molecule has 182 valence electrons. The first-order valence-electron chi connectivity index (χ1n) is 12.1. The van der Waals surface area contributed by atoms with Crippen molar-refractivity contribution in [2.75, 3.05) is 0 Å². The van der Waals surface area contributed by atoms with E-state index in [-0.39, 0.29) is 5.43 Å². The summed E-state index contributed by atoms with van der Waals surface area (Å²) in [4.78, 5) is 14.5. The van der Waals surface area contributed by atoms with E-state index < -0.39 is 11.2 Å². The van der Waals surface area contributed by atoms with Gasteiger partial charge in [-0.2, -0.15) is 0 Å². The van der Waals surface area contributed by atoms with Gasteiger partial charge >= 0.3 is 0 Å². The Bertz CT molecular complexity index is 1590. The number of pyridine rings is 1. The first-order chi connectivity index (χ1) is 18.0. The van der Waals surface area contributed by atoms with E-state index in [0.29, 0.717) is 16.9 Å². The number of allylic oxidation sites excluding steroid dienone is 1. The van der Waals surface area contributed by atoms with Crippen molar-refractivity contribution in [2.45, 2.75) is 17.6 Å². The molecule has 0 fully saturated rings. The average molecular weight is 502 g/mol. The highest BCUT2D eigenvalue weighted by Crippen LogP contribution is 2.28. The molecule has 0 bridgehead atoms. The predicted molar refractivity (Wildman–Crippen MR) is 155 cm³/mol. The van der Waals surface area contributed by atoms with Gasteiger partial charge in [0.25, 0.3) is 0 Å². The van der Waals surface area contributed by atoms with Gasteiger partial charge in [0, 0.05) is 34.8 Å². The molecule has 0 N–H and O–H groups in total. The van der Waals surface area contributed by atoms with Gasteiger partial charge in [-0.05, 0) is 70.7 Å². The lowest BCUT2D eigenvalue weighted by Gasteiger charge is -2.14. The summed E-state index contributed by atoms with van der Waals surface area (Å²) >= 11 is -1.17. The summed E-state index contributed by atoms with van der Waals surface area (Å²) in [6.45, 7) is 6.00. The Hall–Kier alpha value is -4.12. The van der Waals surface area contributed by atoms with Crippen LogP contribution >= 0.6 is 0 Å². The van der Waals surface area contributed by atoms with Crippen LogP contribution < -0.4 is 5.43 Å². The second-order valence-electron chi connectivity index (χ2n) is 9.00. The number of benzene rings is 4. The van der Waals surface area contributed by atoms with Gasteiger partial charge in [0.1, 0.15) is 5.75 Å². The fourth-order valence-electron chi connectivity index (χ4n) is 4.30. The van der Waals surface area contributed by atoms with Gasteiger partial charge in [0.05, 0.1) is 0 Å². The number of rotatable bonds is 7. The number of hydrogen-bond donors (Lipinski definition) is 0. The highest BCUT2D eigenvalue weighted by molar-refractivity contribution is 7.90. The smallest absolute Gasteiger partial charge is 0.197 e. The van der Waals surface area contributed by atoms with Crippen LogP contribution in [0.3, 0.4) is 0 Å². The van der Waals surface area contributed by atoms with Crippen LogP contribution in [0.2, 0.25) is 0 Å². The zero-order valence-electron chi connectivity index (χ0n) is 20.6. The van der Waals surface area contributed by atoms with Crippen molar-refractivity contribution in [1.29, 1.82) is 0 Å². The molecule has 1 atom stereocenters. The van der Waals surface area contributed by atoms with Crippen LogP contribution in [0.15, 0.2) is 138 Å². The van der Waals surface area contributed by atoms with E-state index in [9.17, 15) is 9.35 Å². The molecule has 0 amide bonds. The van der Waals surface area contributed by atoms with Crippen LogP contribution in [0.25, 0.3) is 39.1 Å². The van der Waals surface area contributed by atoms with Crippen LogP contribution in [0.4, 0.5) is 0 Å². The zero-order chi connectivity index (χ0) is 25.8. The third kappa shape index (κ3) is 5.51. The van der Waals surface area contributed by atoms with E-state index in [2.05, 4.69) is 24.8 Å². The summed E-state index contributed by atoms with van der Waals surface area (Å²) in [5.41, 5.74) is 6.74. The minimum atomic E-state index is -1.17. The summed E-state index contributed by atoms with van der Waals surface area (Å²) in [6.07, 6.45) is 3.67. The monoisotopic (exact) mass is 501 g/mol. The molecule has 0 saturated carbocycles. The number of hydrogen-bond acceptors (Lipinski definition) is 2. The third-order valence-electron chi connectivity index (χ3n) is 6.32. The van der Waals surface area contributed by atoms with Gasteiger partial charge in [0.15, 0.2) is 10.3 Å². The fourth-order valence-corrected chi connectivity index (χ4v) is 5.40. The Morgan fingerprint density at radius 3 is 1.95 bits per heavy atom. The Balaban J connectivity index is 1.52. The van der Waals surface area contributed by atoms with Crippen LogP contribution in [0.5, 0.6) is 0 Å². The molecule has 37 heavy (non-hydrogen) atoms. The SMILES string of the molecule is C=C(C)n1cc(-c2ccc([S+]([O-])Cc3ccccc3)cc2)c(=O)c(-c2cccc(-c3ccccc3)c2)c1. The second kappa shape index (κ2) is 10.9. The van der Waals surface area contributed by atoms with Gasteiger partial charge < -0.3 is 9.12 Å².